The zero-order valence-electron chi connectivity index (χ0n) is 11.3. The highest BCUT2D eigenvalue weighted by Gasteiger charge is 2.17. The third-order valence-electron chi connectivity index (χ3n) is 3.29. The van der Waals surface area contributed by atoms with Gasteiger partial charge in [0.25, 0.3) is 5.69 Å². The molecule has 0 aliphatic heterocycles. The summed E-state index contributed by atoms with van der Waals surface area (Å²) in [5.74, 6) is -0.508. The molecule has 6 nitrogen and oxygen atoms in total. The summed E-state index contributed by atoms with van der Waals surface area (Å²) in [6.07, 6.45) is 0. The van der Waals surface area contributed by atoms with Gasteiger partial charge in [0.1, 0.15) is 5.82 Å². The smallest absolute Gasteiger partial charge is 0.274 e. The van der Waals surface area contributed by atoms with Crippen LogP contribution in [0.25, 0.3) is 0 Å². The van der Waals surface area contributed by atoms with Crippen molar-refractivity contribution >= 4 is 5.69 Å². The number of halogens is 1. The number of aromatic nitrogens is 2. The molecular formula is C13H15FN4O2. The molecule has 2 N–H and O–H groups in total. The van der Waals surface area contributed by atoms with Crippen LogP contribution in [-0.2, 0) is 13.1 Å². The largest absolute Gasteiger partial charge is 0.326 e. The van der Waals surface area contributed by atoms with E-state index < -0.39 is 10.7 Å². The zero-order chi connectivity index (χ0) is 14.9. The van der Waals surface area contributed by atoms with Crippen molar-refractivity contribution in [3.8, 4) is 0 Å². The maximum atomic E-state index is 13.3. The standard InChI is InChI=1S/C13H15FN4O2/c1-8-12(6-15)9(2)17(16-8)7-10-5-11(14)3-4-13(10)18(19)20/h3-5H,6-7,15H2,1-2H3. The van der Waals surface area contributed by atoms with E-state index in [4.69, 9.17) is 5.73 Å². The maximum absolute atomic E-state index is 13.3. The summed E-state index contributed by atoms with van der Waals surface area (Å²) in [4.78, 5) is 10.4. The molecule has 0 fully saturated rings. The molecule has 0 spiro atoms. The van der Waals surface area contributed by atoms with Crippen LogP contribution in [0.1, 0.15) is 22.5 Å². The SMILES string of the molecule is Cc1nn(Cc2cc(F)ccc2[N+](=O)[O-])c(C)c1CN. The molecule has 106 valence electrons. The predicted octanol–water partition coefficient (Wildman–Crippen LogP) is 2.05. The Morgan fingerprint density at radius 3 is 2.70 bits per heavy atom. The summed E-state index contributed by atoms with van der Waals surface area (Å²) in [5.41, 5.74) is 8.33. The first-order valence-electron chi connectivity index (χ1n) is 6.09. The van der Waals surface area contributed by atoms with E-state index in [1.807, 2.05) is 13.8 Å². The second-order valence-electron chi connectivity index (χ2n) is 4.54. The van der Waals surface area contributed by atoms with Gasteiger partial charge in [0.15, 0.2) is 0 Å². The van der Waals surface area contributed by atoms with Gasteiger partial charge in [0, 0.05) is 23.9 Å². The highest BCUT2D eigenvalue weighted by atomic mass is 19.1. The minimum absolute atomic E-state index is 0.117. The van der Waals surface area contributed by atoms with Crippen molar-refractivity contribution < 1.29 is 9.31 Å². The van der Waals surface area contributed by atoms with Gasteiger partial charge >= 0.3 is 0 Å². The first-order chi connectivity index (χ1) is 9.43. The van der Waals surface area contributed by atoms with Gasteiger partial charge in [-0.15, -0.1) is 0 Å². The summed E-state index contributed by atoms with van der Waals surface area (Å²) in [6, 6.07) is 3.41. The van der Waals surface area contributed by atoms with Crippen molar-refractivity contribution in [3.05, 3.63) is 56.6 Å². The van der Waals surface area contributed by atoms with Gasteiger partial charge < -0.3 is 5.73 Å². The van der Waals surface area contributed by atoms with Gasteiger partial charge in [-0.1, -0.05) is 0 Å². The van der Waals surface area contributed by atoms with Crippen molar-refractivity contribution in [2.24, 2.45) is 5.73 Å². The fourth-order valence-corrected chi connectivity index (χ4v) is 2.20. The molecular weight excluding hydrogens is 263 g/mol. The molecule has 2 rings (SSSR count). The minimum Gasteiger partial charge on any atom is -0.326 e. The first kappa shape index (κ1) is 14.1. The summed E-state index contributed by atoms with van der Waals surface area (Å²) in [5, 5.41) is 15.3. The fourth-order valence-electron chi connectivity index (χ4n) is 2.20. The summed E-state index contributed by atoms with van der Waals surface area (Å²) in [6.45, 7) is 4.16. The number of hydrogen-bond acceptors (Lipinski definition) is 4. The lowest BCUT2D eigenvalue weighted by molar-refractivity contribution is -0.385. The van der Waals surface area contributed by atoms with E-state index in [0.717, 1.165) is 29.1 Å². The Balaban J connectivity index is 2.44. The number of aryl methyl sites for hydroxylation is 1. The van der Waals surface area contributed by atoms with Crippen molar-refractivity contribution in [2.45, 2.75) is 26.9 Å². The van der Waals surface area contributed by atoms with Gasteiger partial charge in [-0.05, 0) is 26.0 Å². The Bertz CT molecular complexity index is 667. The summed E-state index contributed by atoms with van der Waals surface area (Å²) < 4.78 is 14.9. The van der Waals surface area contributed by atoms with E-state index in [-0.39, 0.29) is 17.8 Å². The summed E-state index contributed by atoms with van der Waals surface area (Å²) in [7, 11) is 0. The quantitative estimate of drug-likeness (QED) is 0.685. The number of benzene rings is 1. The monoisotopic (exact) mass is 278 g/mol. The molecule has 0 bridgehead atoms. The predicted molar refractivity (Wildman–Crippen MR) is 71.7 cm³/mol. The van der Waals surface area contributed by atoms with E-state index >= 15 is 0 Å². The van der Waals surface area contributed by atoms with Crippen LogP contribution in [0.2, 0.25) is 0 Å². The van der Waals surface area contributed by atoms with E-state index in [1.165, 1.54) is 6.07 Å². The van der Waals surface area contributed by atoms with Gasteiger partial charge in [-0.3, -0.25) is 14.8 Å². The van der Waals surface area contributed by atoms with Crippen LogP contribution >= 0.6 is 0 Å². The molecule has 0 aliphatic rings. The van der Waals surface area contributed by atoms with E-state index in [2.05, 4.69) is 5.10 Å². The normalized spacial score (nSPS) is 10.8. The molecule has 1 aromatic carbocycles. The fraction of sp³-hybridized carbons (Fsp3) is 0.308. The van der Waals surface area contributed by atoms with Crippen LogP contribution in [0.3, 0.4) is 0 Å². The van der Waals surface area contributed by atoms with Crippen LogP contribution in [0.5, 0.6) is 0 Å². The molecule has 0 radical (unpaired) electrons. The van der Waals surface area contributed by atoms with Crippen LogP contribution in [-0.4, -0.2) is 14.7 Å². The van der Waals surface area contributed by atoms with Gasteiger partial charge in [0.05, 0.1) is 22.7 Å². The molecule has 0 unspecified atom stereocenters. The van der Waals surface area contributed by atoms with Crippen LogP contribution in [0, 0.1) is 29.8 Å². The Hall–Kier alpha value is -2.28. The first-order valence-corrected chi connectivity index (χ1v) is 6.09. The van der Waals surface area contributed by atoms with Gasteiger partial charge in [-0.25, -0.2) is 4.39 Å². The average Bonchev–Trinajstić information content (AvgIpc) is 2.63. The van der Waals surface area contributed by atoms with Crippen LogP contribution < -0.4 is 5.73 Å². The zero-order valence-corrected chi connectivity index (χ0v) is 11.3. The summed E-state index contributed by atoms with van der Waals surface area (Å²) >= 11 is 0. The number of nitrogens with zero attached hydrogens (tertiary/aromatic N) is 3. The molecule has 2 aromatic rings. The van der Waals surface area contributed by atoms with E-state index in [0.29, 0.717) is 6.54 Å². The van der Waals surface area contributed by atoms with Crippen LogP contribution in [0.4, 0.5) is 10.1 Å². The van der Waals surface area contributed by atoms with Crippen LogP contribution in [0.15, 0.2) is 18.2 Å². The Kier molecular flexibility index (Phi) is 3.80. The van der Waals surface area contributed by atoms with Crippen molar-refractivity contribution in [1.29, 1.82) is 0 Å². The lowest BCUT2D eigenvalue weighted by atomic mass is 10.1. The Morgan fingerprint density at radius 1 is 1.45 bits per heavy atom. The maximum Gasteiger partial charge on any atom is 0.274 e. The highest BCUT2D eigenvalue weighted by Crippen LogP contribution is 2.22. The molecule has 0 atom stereocenters. The van der Waals surface area contributed by atoms with E-state index in [1.54, 1.807) is 4.68 Å². The third-order valence-corrected chi connectivity index (χ3v) is 3.29. The molecule has 0 aliphatic carbocycles. The lowest BCUT2D eigenvalue weighted by Crippen LogP contribution is -2.08. The van der Waals surface area contributed by atoms with E-state index in [9.17, 15) is 14.5 Å². The Labute approximate surface area is 115 Å². The molecule has 0 saturated heterocycles. The highest BCUT2D eigenvalue weighted by molar-refractivity contribution is 5.40. The Morgan fingerprint density at radius 2 is 2.15 bits per heavy atom. The number of nitrogens with two attached hydrogens (primary N) is 1. The molecule has 7 heteroatoms. The number of nitro groups is 1. The second-order valence-corrected chi connectivity index (χ2v) is 4.54. The van der Waals surface area contributed by atoms with Crippen molar-refractivity contribution in [2.75, 3.05) is 0 Å². The molecule has 0 saturated carbocycles. The van der Waals surface area contributed by atoms with Crippen molar-refractivity contribution in [3.63, 3.8) is 0 Å². The topological polar surface area (TPSA) is 87.0 Å². The third kappa shape index (κ3) is 2.53. The molecule has 0 amide bonds. The number of rotatable bonds is 4. The lowest BCUT2D eigenvalue weighted by Gasteiger charge is -2.06. The molecule has 1 heterocycles. The number of hydrogen-bond donors (Lipinski definition) is 1. The number of nitro benzene ring substituents is 1. The molecule has 1 aromatic heterocycles. The second kappa shape index (κ2) is 5.38. The van der Waals surface area contributed by atoms with Crippen molar-refractivity contribution in [1.82, 2.24) is 9.78 Å². The van der Waals surface area contributed by atoms with Gasteiger partial charge in [-0.2, -0.15) is 5.10 Å². The van der Waals surface area contributed by atoms with Gasteiger partial charge in [0.2, 0.25) is 0 Å². The molecule has 20 heavy (non-hydrogen) atoms. The average molecular weight is 278 g/mol. The minimum atomic E-state index is -0.524.